The highest BCUT2D eigenvalue weighted by Crippen LogP contribution is 2.29. The number of likely N-dealkylation sites (tertiary alicyclic amines) is 1. The smallest absolute Gasteiger partial charge is 0.257 e. The Morgan fingerprint density at radius 1 is 1.11 bits per heavy atom. The van der Waals surface area contributed by atoms with Crippen molar-refractivity contribution >= 4 is 16.9 Å². The number of amides is 1. The van der Waals surface area contributed by atoms with Gasteiger partial charge in [-0.3, -0.25) is 9.59 Å². The van der Waals surface area contributed by atoms with Gasteiger partial charge in [0.15, 0.2) is 11.0 Å². The molecule has 1 atom stereocenters. The van der Waals surface area contributed by atoms with E-state index in [4.69, 9.17) is 4.42 Å². The van der Waals surface area contributed by atoms with E-state index in [0.29, 0.717) is 27.9 Å². The van der Waals surface area contributed by atoms with Crippen LogP contribution in [-0.4, -0.2) is 23.4 Å². The number of nitrogens with zero attached hydrogens (tertiary/aromatic N) is 1. The Morgan fingerprint density at radius 3 is 2.64 bits per heavy atom. The normalized spacial score (nSPS) is 17.1. The summed E-state index contributed by atoms with van der Waals surface area (Å²) in [4.78, 5) is 28.4. The molecule has 0 N–H and O–H groups in total. The van der Waals surface area contributed by atoms with E-state index in [2.05, 4.69) is 6.92 Å². The molecule has 2 aromatic carbocycles. The highest BCUT2D eigenvalue weighted by Gasteiger charge is 2.28. The molecule has 4 nitrogen and oxygen atoms in total. The number of hydrogen-bond acceptors (Lipinski definition) is 3. The third-order valence-corrected chi connectivity index (χ3v) is 5.77. The Bertz CT molecular complexity index is 1070. The van der Waals surface area contributed by atoms with E-state index in [-0.39, 0.29) is 17.4 Å². The predicted octanol–water partition coefficient (Wildman–Crippen LogP) is 5.17. The second-order valence-corrected chi connectivity index (χ2v) is 7.49. The van der Waals surface area contributed by atoms with E-state index < -0.39 is 0 Å². The fourth-order valence-electron chi connectivity index (χ4n) is 4.19. The van der Waals surface area contributed by atoms with Gasteiger partial charge in [0, 0.05) is 23.7 Å². The molecule has 1 aromatic heterocycles. The fourth-order valence-corrected chi connectivity index (χ4v) is 4.19. The van der Waals surface area contributed by atoms with Gasteiger partial charge in [0.05, 0.1) is 10.9 Å². The van der Waals surface area contributed by atoms with Crippen LogP contribution in [0, 0.1) is 6.92 Å². The minimum Gasteiger partial charge on any atom is -0.455 e. The lowest BCUT2D eigenvalue weighted by Crippen LogP contribution is -2.43. The number of carbonyl (C=O) groups is 1. The van der Waals surface area contributed by atoms with Crippen LogP contribution in [0.15, 0.2) is 57.7 Å². The largest absolute Gasteiger partial charge is 0.455 e. The van der Waals surface area contributed by atoms with E-state index in [0.717, 1.165) is 37.8 Å². The van der Waals surface area contributed by atoms with Crippen molar-refractivity contribution in [3.8, 4) is 11.3 Å². The van der Waals surface area contributed by atoms with Gasteiger partial charge in [0.1, 0.15) is 5.76 Å². The van der Waals surface area contributed by atoms with Gasteiger partial charge in [-0.2, -0.15) is 0 Å². The molecule has 28 heavy (non-hydrogen) atoms. The van der Waals surface area contributed by atoms with Gasteiger partial charge in [-0.25, -0.2) is 0 Å². The Hall–Kier alpha value is -2.88. The molecule has 0 radical (unpaired) electrons. The summed E-state index contributed by atoms with van der Waals surface area (Å²) in [6.07, 6.45) is 4.15. The summed E-state index contributed by atoms with van der Waals surface area (Å²) in [7, 11) is 0. The first-order chi connectivity index (χ1) is 13.6. The monoisotopic (exact) mass is 375 g/mol. The zero-order chi connectivity index (χ0) is 19.7. The van der Waals surface area contributed by atoms with E-state index in [1.54, 1.807) is 25.1 Å². The topological polar surface area (TPSA) is 50.5 Å². The van der Waals surface area contributed by atoms with Crippen LogP contribution < -0.4 is 5.43 Å². The van der Waals surface area contributed by atoms with Crippen molar-refractivity contribution in [2.45, 2.75) is 45.6 Å². The molecule has 4 heteroatoms. The maximum Gasteiger partial charge on any atom is 0.257 e. The standard InChI is InChI=1S/C24H25NO3/c1-3-18-12-7-8-15-25(18)24(27)20-14-9-13-19-21(26)16(2)22(28-23(19)20)17-10-5-4-6-11-17/h4-6,9-11,13-14,18H,3,7-8,12,15H2,1-2H3. The summed E-state index contributed by atoms with van der Waals surface area (Å²) in [5.41, 5.74) is 2.19. The number of piperidine rings is 1. The second kappa shape index (κ2) is 7.63. The molecule has 1 fully saturated rings. The molecule has 2 heterocycles. The predicted molar refractivity (Wildman–Crippen MR) is 112 cm³/mol. The van der Waals surface area contributed by atoms with Crippen molar-refractivity contribution in [3.05, 3.63) is 69.9 Å². The molecule has 1 aliphatic rings. The maximum atomic E-state index is 13.4. The molecule has 144 valence electrons. The van der Waals surface area contributed by atoms with Crippen molar-refractivity contribution < 1.29 is 9.21 Å². The van der Waals surface area contributed by atoms with Gasteiger partial charge in [-0.1, -0.05) is 43.3 Å². The van der Waals surface area contributed by atoms with Crippen LogP contribution in [0.1, 0.15) is 48.5 Å². The summed E-state index contributed by atoms with van der Waals surface area (Å²) in [5.74, 6) is 0.493. The molecule has 1 saturated heterocycles. The van der Waals surface area contributed by atoms with Crippen molar-refractivity contribution in [3.63, 3.8) is 0 Å². The lowest BCUT2D eigenvalue weighted by Gasteiger charge is -2.35. The number of rotatable bonds is 3. The zero-order valence-corrected chi connectivity index (χ0v) is 16.4. The molecular weight excluding hydrogens is 350 g/mol. The van der Waals surface area contributed by atoms with Crippen LogP contribution in [0.4, 0.5) is 0 Å². The van der Waals surface area contributed by atoms with Crippen molar-refractivity contribution in [1.29, 1.82) is 0 Å². The number of fused-ring (bicyclic) bond motifs is 1. The molecule has 1 amide bonds. The first-order valence-corrected chi connectivity index (χ1v) is 10.0. The molecule has 0 saturated carbocycles. The van der Waals surface area contributed by atoms with E-state index in [9.17, 15) is 9.59 Å². The lowest BCUT2D eigenvalue weighted by atomic mass is 9.98. The first kappa shape index (κ1) is 18.5. The average molecular weight is 375 g/mol. The van der Waals surface area contributed by atoms with Gasteiger partial charge in [0.25, 0.3) is 5.91 Å². The summed E-state index contributed by atoms with van der Waals surface area (Å²) >= 11 is 0. The number of carbonyl (C=O) groups excluding carboxylic acids is 1. The van der Waals surface area contributed by atoms with Crippen LogP contribution in [-0.2, 0) is 0 Å². The Labute approximate surface area is 164 Å². The molecular formula is C24H25NO3. The summed E-state index contributed by atoms with van der Waals surface area (Å²) < 4.78 is 6.22. The summed E-state index contributed by atoms with van der Waals surface area (Å²) in [6, 6.07) is 15.1. The third-order valence-electron chi connectivity index (χ3n) is 5.77. The lowest BCUT2D eigenvalue weighted by molar-refractivity contribution is 0.0609. The molecule has 0 bridgehead atoms. The van der Waals surface area contributed by atoms with Gasteiger partial charge >= 0.3 is 0 Å². The maximum absolute atomic E-state index is 13.4. The molecule has 3 aromatic rings. The molecule has 1 aliphatic heterocycles. The van der Waals surface area contributed by atoms with Crippen molar-refractivity contribution in [1.82, 2.24) is 4.90 Å². The van der Waals surface area contributed by atoms with Crippen LogP contribution in [0.2, 0.25) is 0 Å². The van der Waals surface area contributed by atoms with E-state index in [1.165, 1.54) is 0 Å². The van der Waals surface area contributed by atoms with Crippen LogP contribution >= 0.6 is 0 Å². The zero-order valence-electron chi connectivity index (χ0n) is 16.4. The minimum absolute atomic E-state index is 0.0387. The van der Waals surface area contributed by atoms with Gasteiger partial charge in [-0.05, 0) is 44.7 Å². The van der Waals surface area contributed by atoms with Gasteiger partial charge in [0.2, 0.25) is 0 Å². The van der Waals surface area contributed by atoms with Crippen LogP contribution in [0.25, 0.3) is 22.3 Å². The highest BCUT2D eigenvalue weighted by molar-refractivity contribution is 6.05. The van der Waals surface area contributed by atoms with Gasteiger partial charge < -0.3 is 9.32 Å². The summed E-state index contributed by atoms with van der Waals surface area (Å²) in [6.45, 7) is 4.66. The molecule has 0 spiro atoms. The first-order valence-electron chi connectivity index (χ1n) is 10.0. The quantitative estimate of drug-likeness (QED) is 0.634. The molecule has 0 aliphatic carbocycles. The second-order valence-electron chi connectivity index (χ2n) is 7.49. The van der Waals surface area contributed by atoms with E-state index >= 15 is 0 Å². The van der Waals surface area contributed by atoms with Crippen LogP contribution in [0.3, 0.4) is 0 Å². The van der Waals surface area contributed by atoms with E-state index in [1.807, 2.05) is 35.2 Å². The molecule has 4 rings (SSSR count). The average Bonchev–Trinajstić information content (AvgIpc) is 2.76. The Kier molecular flexibility index (Phi) is 5.03. The minimum atomic E-state index is -0.0829. The van der Waals surface area contributed by atoms with Crippen LogP contribution in [0.5, 0.6) is 0 Å². The van der Waals surface area contributed by atoms with Gasteiger partial charge in [-0.15, -0.1) is 0 Å². The third kappa shape index (κ3) is 3.13. The number of para-hydroxylation sites is 1. The molecule has 1 unspecified atom stereocenters. The Balaban J connectivity index is 1.89. The van der Waals surface area contributed by atoms with Crippen molar-refractivity contribution in [2.24, 2.45) is 0 Å². The SMILES string of the molecule is CCC1CCCCN1C(=O)c1cccc2c(=O)c(C)c(-c3ccccc3)oc12. The van der Waals surface area contributed by atoms with Crippen molar-refractivity contribution in [2.75, 3.05) is 6.54 Å². The Morgan fingerprint density at radius 2 is 1.89 bits per heavy atom. The summed E-state index contributed by atoms with van der Waals surface area (Å²) in [5, 5.41) is 0.466. The highest BCUT2D eigenvalue weighted by atomic mass is 16.3. The number of benzene rings is 2. The number of hydrogen-bond donors (Lipinski definition) is 0. The fraction of sp³-hybridized carbons (Fsp3) is 0.333.